The second kappa shape index (κ2) is 9.05. The van der Waals surface area contributed by atoms with Crippen molar-refractivity contribution < 1.29 is 23.2 Å². The van der Waals surface area contributed by atoms with E-state index in [-0.39, 0.29) is 37.5 Å². The van der Waals surface area contributed by atoms with E-state index in [1.54, 1.807) is 12.1 Å². The monoisotopic (exact) mass is 465 g/mol. The molecule has 34 heavy (non-hydrogen) atoms. The lowest BCUT2D eigenvalue weighted by molar-refractivity contribution is -0.147. The average molecular weight is 466 g/mol. The number of carbonyl (C=O) groups is 3. The molecule has 2 fully saturated rings. The van der Waals surface area contributed by atoms with Gasteiger partial charge in [0.15, 0.2) is 0 Å². The van der Waals surface area contributed by atoms with E-state index >= 15 is 0 Å². The Kier molecular flexibility index (Phi) is 6.30. The van der Waals surface area contributed by atoms with Gasteiger partial charge in [-0.05, 0) is 73.1 Å². The summed E-state index contributed by atoms with van der Waals surface area (Å²) in [5.74, 6) is -2.33. The maximum atomic E-state index is 13.3. The van der Waals surface area contributed by atoms with Crippen molar-refractivity contribution in [1.82, 2.24) is 9.88 Å². The zero-order valence-corrected chi connectivity index (χ0v) is 19.1. The van der Waals surface area contributed by atoms with Gasteiger partial charge in [-0.1, -0.05) is 0 Å². The summed E-state index contributed by atoms with van der Waals surface area (Å²) < 4.78 is 25.5. The van der Waals surface area contributed by atoms with Gasteiger partial charge in [-0.2, -0.15) is 14.0 Å². The molecule has 1 aliphatic heterocycles. The molecule has 8 heteroatoms. The largest absolute Gasteiger partial charge is 0.338 e. The minimum atomic E-state index is -3.04. The molecule has 0 bridgehead atoms. The number of nitrogens with zero attached hydrogens (tertiary/aromatic N) is 3. The summed E-state index contributed by atoms with van der Waals surface area (Å²) in [6.07, 6.45) is -0.382. The van der Waals surface area contributed by atoms with Crippen molar-refractivity contribution in [3.8, 4) is 17.3 Å². The third kappa shape index (κ3) is 4.35. The van der Waals surface area contributed by atoms with Gasteiger partial charge in [-0.15, -0.1) is 0 Å². The van der Waals surface area contributed by atoms with Crippen LogP contribution in [0, 0.1) is 30.6 Å². The third-order valence-electron chi connectivity index (χ3n) is 7.14. The third-order valence-corrected chi connectivity index (χ3v) is 7.14. The highest BCUT2D eigenvalue weighted by molar-refractivity contribution is 6.10. The van der Waals surface area contributed by atoms with E-state index in [1.807, 2.05) is 32.0 Å². The summed E-state index contributed by atoms with van der Waals surface area (Å²) in [5.41, 5.74) is 3.80. The molecule has 6 nitrogen and oxygen atoms in total. The van der Waals surface area contributed by atoms with Gasteiger partial charge in [0.1, 0.15) is 23.6 Å². The van der Waals surface area contributed by atoms with Gasteiger partial charge < -0.3 is 4.90 Å². The molecule has 1 aromatic heterocycles. The number of likely N-dealkylation sites (tertiary alicyclic amines) is 1. The van der Waals surface area contributed by atoms with E-state index in [4.69, 9.17) is 5.26 Å². The summed E-state index contributed by atoms with van der Waals surface area (Å²) in [6, 6.07) is 9.29. The average Bonchev–Trinajstić information content (AvgIpc) is 2.80. The summed E-state index contributed by atoms with van der Waals surface area (Å²) in [4.78, 5) is 43.6. The molecule has 0 atom stereocenters. The van der Waals surface area contributed by atoms with Crippen LogP contribution in [0.25, 0.3) is 11.3 Å². The molecule has 0 unspecified atom stereocenters. The normalized spacial score (nSPS) is 18.4. The Hall–Kier alpha value is -3.47. The Bertz CT molecular complexity index is 1150. The van der Waals surface area contributed by atoms with Gasteiger partial charge in [-0.3, -0.25) is 19.4 Å². The number of benzene rings is 1. The van der Waals surface area contributed by atoms with Crippen LogP contribution in [-0.4, -0.2) is 46.9 Å². The standard InChI is InChI=1S/C26H25F2N3O3/c1-15-9-18(19-4-3-17(13-29)14-30-19)10-16(2)22(15)23-20(32)11-26(12-21(23)33)5-7-31(8-6-26)25(34)24(27)28/h3-4,9-10,14,23-24H,5-8,11-12H2,1-2H3. The fourth-order valence-corrected chi connectivity index (χ4v) is 5.41. The molecule has 1 saturated carbocycles. The number of hydrogen-bond donors (Lipinski definition) is 0. The summed E-state index contributed by atoms with van der Waals surface area (Å²) in [5, 5.41) is 8.97. The zero-order valence-electron chi connectivity index (χ0n) is 19.1. The van der Waals surface area contributed by atoms with E-state index in [2.05, 4.69) is 4.98 Å². The number of aryl methyl sites for hydroxylation is 2. The van der Waals surface area contributed by atoms with Gasteiger partial charge in [0, 0.05) is 37.7 Å². The quantitative estimate of drug-likeness (QED) is 0.636. The van der Waals surface area contributed by atoms with Gasteiger partial charge in [-0.25, -0.2) is 0 Å². The lowest BCUT2D eigenvalue weighted by Gasteiger charge is -2.44. The molecule has 0 N–H and O–H groups in total. The van der Waals surface area contributed by atoms with Gasteiger partial charge >= 0.3 is 6.43 Å². The van der Waals surface area contributed by atoms with Crippen LogP contribution in [-0.2, 0) is 14.4 Å². The van der Waals surface area contributed by atoms with Gasteiger partial charge in [0.25, 0.3) is 5.91 Å². The number of Topliss-reactive ketones (excluding diaryl/α,β-unsaturated/α-hetero) is 2. The van der Waals surface area contributed by atoms with Gasteiger partial charge in [0.2, 0.25) is 0 Å². The van der Waals surface area contributed by atoms with E-state index in [1.165, 1.54) is 6.20 Å². The first-order valence-electron chi connectivity index (χ1n) is 11.2. The molecule has 1 amide bonds. The number of alkyl halides is 2. The molecule has 1 saturated heterocycles. The SMILES string of the molecule is Cc1cc(-c2ccc(C#N)cn2)cc(C)c1C1C(=O)CC2(CCN(C(=O)C(F)F)CC2)CC1=O. The molecule has 2 aliphatic rings. The predicted molar refractivity (Wildman–Crippen MR) is 120 cm³/mol. The smallest absolute Gasteiger partial charge is 0.315 e. The predicted octanol–water partition coefficient (Wildman–Crippen LogP) is 4.13. The first-order chi connectivity index (χ1) is 16.1. The van der Waals surface area contributed by atoms with Crippen LogP contribution in [0.3, 0.4) is 0 Å². The first-order valence-corrected chi connectivity index (χ1v) is 11.2. The summed E-state index contributed by atoms with van der Waals surface area (Å²) >= 11 is 0. The molecule has 1 aromatic carbocycles. The highest BCUT2D eigenvalue weighted by atomic mass is 19.3. The Balaban J connectivity index is 1.55. The van der Waals surface area contributed by atoms with Crippen LogP contribution in [0.4, 0.5) is 8.78 Å². The van der Waals surface area contributed by atoms with Crippen LogP contribution >= 0.6 is 0 Å². The summed E-state index contributed by atoms with van der Waals surface area (Å²) in [6.45, 7) is 4.02. The number of aromatic nitrogens is 1. The number of amides is 1. The van der Waals surface area contributed by atoms with Gasteiger partial charge in [0.05, 0.1) is 11.3 Å². The molecule has 1 aliphatic carbocycles. The van der Waals surface area contributed by atoms with Crippen LogP contribution < -0.4 is 0 Å². The number of pyridine rings is 1. The molecule has 2 aromatic rings. The van der Waals surface area contributed by atoms with Crippen molar-refractivity contribution >= 4 is 17.5 Å². The minimum absolute atomic E-state index is 0.138. The van der Waals surface area contributed by atoms with Crippen molar-refractivity contribution in [2.45, 2.75) is 51.9 Å². The Morgan fingerprint density at radius 1 is 1.12 bits per heavy atom. The van der Waals surface area contributed by atoms with E-state index < -0.39 is 23.7 Å². The highest BCUT2D eigenvalue weighted by Gasteiger charge is 2.48. The van der Waals surface area contributed by atoms with Crippen LogP contribution in [0.5, 0.6) is 0 Å². The van der Waals surface area contributed by atoms with Crippen molar-refractivity contribution in [3.05, 3.63) is 52.7 Å². The molecular weight excluding hydrogens is 440 g/mol. The molecule has 0 radical (unpaired) electrons. The number of ketones is 2. The molecule has 1 spiro atoms. The number of nitriles is 1. The lowest BCUT2D eigenvalue weighted by atomic mass is 9.62. The first kappa shape index (κ1) is 23.7. The second-order valence-electron chi connectivity index (χ2n) is 9.41. The number of hydrogen-bond acceptors (Lipinski definition) is 5. The molecule has 2 heterocycles. The van der Waals surface area contributed by atoms with Crippen molar-refractivity contribution in [2.75, 3.05) is 13.1 Å². The maximum Gasteiger partial charge on any atom is 0.315 e. The molecular formula is C26H25F2N3O3. The van der Waals surface area contributed by atoms with E-state index in [9.17, 15) is 23.2 Å². The number of rotatable bonds is 3. The molecule has 4 rings (SSSR count). The van der Waals surface area contributed by atoms with Crippen LogP contribution in [0.2, 0.25) is 0 Å². The number of carbonyl (C=O) groups excluding carboxylic acids is 3. The van der Waals surface area contributed by atoms with Crippen LogP contribution in [0.1, 0.15) is 53.9 Å². The van der Waals surface area contributed by atoms with E-state index in [0.717, 1.165) is 21.6 Å². The van der Waals surface area contributed by atoms with Crippen molar-refractivity contribution in [2.24, 2.45) is 5.41 Å². The fraction of sp³-hybridized carbons (Fsp3) is 0.423. The van der Waals surface area contributed by atoms with Crippen molar-refractivity contribution in [1.29, 1.82) is 5.26 Å². The van der Waals surface area contributed by atoms with Crippen LogP contribution in [0.15, 0.2) is 30.5 Å². The zero-order chi connectivity index (χ0) is 24.6. The van der Waals surface area contributed by atoms with Crippen molar-refractivity contribution in [3.63, 3.8) is 0 Å². The Morgan fingerprint density at radius 3 is 2.18 bits per heavy atom. The number of piperidine rings is 1. The Labute approximate surface area is 196 Å². The maximum absolute atomic E-state index is 13.3. The highest BCUT2D eigenvalue weighted by Crippen LogP contribution is 2.47. The fourth-order valence-electron chi connectivity index (χ4n) is 5.41. The lowest BCUT2D eigenvalue weighted by Crippen LogP contribution is -2.49. The number of halogens is 2. The molecule has 176 valence electrons. The topological polar surface area (TPSA) is 91.1 Å². The second-order valence-corrected chi connectivity index (χ2v) is 9.41. The Morgan fingerprint density at radius 2 is 1.71 bits per heavy atom. The summed E-state index contributed by atoms with van der Waals surface area (Å²) in [7, 11) is 0. The minimum Gasteiger partial charge on any atom is -0.338 e. The van der Waals surface area contributed by atoms with E-state index in [0.29, 0.717) is 29.7 Å².